The Labute approximate surface area is 111 Å². The van der Waals surface area contributed by atoms with E-state index in [-0.39, 0.29) is 6.42 Å². The Kier molecular flexibility index (Phi) is 4.09. The molecule has 0 aliphatic carbocycles. The Bertz CT molecular complexity index is 445. The van der Waals surface area contributed by atoms with Crippen molar-refractivity contribution in [2.45, 2.75) is 25.3 Å². The third kappa shape index (κ3) is 2.94. The third-order valence-corrected chi connectivity index (χ3v) is 3.54. The van der Waals surface area contributed by atoms with E-state index >= 15 is 0 Å². The van der Waals surface area contributed by atoms with Crippen molar-refractivity contribution in [2.24, 2.45) is 5.73 Å². The van der Waals surface area contributed by atoms with Gasteiger partial charge in [-0.2, -0.15) is 0 Å². The molecule has 18 heavy (non-hydrogen) atoms. The first-order chi connectivity index (χ1) is 8.58. The van der Waals surface area contributed by atoms with Crippen LogP contribution in [0.15, 0.2) is 18.2 Å². The van der Waals surface area contributed by atoms with Crippen LogP contribution >= 0.6 is 11.6 Å². The first-order valence-corrected chi connectivity index (χ1v) is 6.47. The summed E-state index contributed by atoms with van der Waals surface area (Å²) in [6, 6.07) is 5.08. The van der Waals surface area contributed by atoms with Gasteiger partial charge in [-0.25, -0.2) is 0 Å². The van der Waals surface area contributed by atoms with Gasteiger partial charge in [0.15, 0.2) is 0 Å². The summed E-state index contributed by atoms with van der Waals surface area (Å²) in [6.45, 7) is 2.06. The first-order valence-electron chi connectivity index (χ1n) is 6.09. The van der Waals surface area contributed by atoms with E-state index in [0.29, 0.717) is 5.02 Å². The lowest BCUT2D eigenvalue weighted by molar-refractivity contribution is -0.137. The zero-order valence-corrected chi connectivity index (χ0v) is 10.9. The molecule has 4 nitrogen and oxygen atoms in total. The van der Waals surface area contributed by atoms with Crippen molar-refractivity contribution >= 4 is 23.3 Å². The smallest absolute Gasteiger partial charge is 0.305 e. The minimum absolute atomic E-state index is 0.0839. The number of anilines is 1. The van der Waals surface area contributed by atoms with E-state index < -0.39 is 12.0 Å². The van der Waals surface area contributed by atoms with Crippen LogP contribution in [0.3, 0.4) is 0 Å². The van der Waals surface area contributed by atoms with Gasteiger partial charge in [-0.15, -0.1) is 0 Å². The third-order valence-electron chi connectivity index (χ3n) is 3.24. The number of carboxylic acids is 1. The second-order valence-electron chi connectivity index (χ2n) is 4.61. The van der Waals surface area contributed by atoms with Gasteiger partial charge in [0.25, 0.3) is 0 Å². The topological polar surface area (TPSA) is 66.6 Å². The number of carbonyl (C=O) groups is 1. The Morgan fingerprint density at radius 1 is 1.44 bits per heavy atom. The fraction of sp³-hybridized carbons (Fsp3) is 0.462. The van der Waals surface area contributed by atoms with E-state index in [2.05, 4.69) is 4.90 Å². The number of rotatable bonds is 4. The molecule has 1 atom stereocenters. The van der Waals surface area contributed by atoms with Gasteiger partial charge in [0.2, 0.25) is 0 Å². The van der Waals surface area contributed by atoms with E-state index in [4.69, 9.17) is 22.4 Å². The minimum atomic E-state index is -0.901. The van der Waals surface area contributed by atoms with E-state index in [1.165, 1.54) is 12.8 Å². The highest BCUT2D eigenvalue weighted by Crippen LogP contribution is 2.31. The highest BCUT2D eigenvalue weighted by atomic mass is 35.5. The molecule has 1 unspecified atom stereocenters. The molecule has 1 aliphatic heterocycles. The number of aliphatic carboxylic acids is 1. The van der Waals surface area contributed by atoms with Gasteiger partial charge in [-0.1, -0.05) is 17.7 Å². The highest BCUT2D eigenvalue weighted by Gasteiger charge is 2.17. The SMILES string of the molecule is NC(CC(=O)O)c1ccc(N2CCCC2)c(Cl)c1. The van der Waals surface area contributed by atoms with Crippen molar-refractivity contribution in [3.05, 3.63) is 28.8 Å². The number of hydrogen-bond acceptors (Lipinski definition) is 3. The van der Waals surface area contributed by atoms with Crippen LogP contribution in [-0.4, -0.2) is 24.2 Å². The van der Waals surface area contributed by atoms with Crippen LogP contribution in [0.25, 0.3) is 0 Å². The molecular formula is C13H17ClN2O2. The molecule has 0 spiro atoms. The van der Waals surface area contributed by atoms with E-state index in [1.807, 2.05) is 12.1 Å². The van der Waals surface area contributed by atoms with Gasteiger partial charge in [0.05, 0.1) is 17.1 Å². The maximum Gasteiger partial charge on any atom is 0.305 e. The molecule has 3 N–H and O–H groups in total. The monoisotopic (exact) mass is 268 g/mol. The quantitative estimate of drug-likeness (QED) is 0.880. The molecule has 0 saturated carbocycles. The summed E-state index contributed by atoms with van der Waals surface area (Å²) in [5.41, 5.74) is 7.60. The fourth-order valence-electron chi connectivity index (χ4n) is 2.27. The van der Waals surface area contributed by atoms with Crippen LogP contribution in [0.5, 0.6) is 0 Å². The molecule has 0 aromatic heterocycles. The fourth-order valence-corrected chi connectivity index (χ4v) is 2.58. The van der Waals surface area contributed by atoms with Gasteiger partial charge in [0, 0.05) is 19.1 Å². The summed E-state index contributed by atoms with van der Waals surface area (Å²) in [4.78, 5) is 12.9. The largest absolute Gasteiger partial charge is 0.481 e. The molecular weight excluding hydrogens is 252 g/mol. The zero-order chi connectivity index (χ0) is 13.1. The van der Waals surface area contributed by atoms with Crippen LogP contribution in [0.1, 0.15) is 30.9 Å². The van der Waals surface area contributed by atoms with Crippen molar-refractivity contribution in [3.8, 4) is 0 Å². The van der Waals surface area contributed by atoms with E-state index in [1.54, 1.807) is 6.07 Å². The molecule has 1 fully saturated rings. The molecule has 1 aliphatic rings. The number of halogens is 1. The lowest BCUT2D eigenvalue weighted by atomic mass is 10.0. The molecule has 0 bridgehead atoms. The van der Waals surface area contributed by atoms with Crippen LogP contribution < -0.4 is 10.6 Å². The molecule has 0 radical (unpaired) electrons. The average molecular weight is 269 g/mol. The summed E-state index contributed by atoms with van der Waals surface area (Å²) >= 11 is 6.25. The molecule has 1 aromatic carbocycles. The lowest BCUT2D eigenvalue weighted by Gasteiger charge is -2.20. The van der Waals surface area contributed by atoms with Crippen molar-refractivity contribution in [2.75, 3.05) is 18.0 Å². The van der Waals surface area contributed by atoms with Gasteiger partial charge in [-0.3, -0.25) is 4.79 Å². The Hall–Kier alpha value is -1.26. The zero-order valence-electron chi connectivity index (χ0n) is 10.1. The highest BCUT2D eigenvalue weighted by molar-refractivity contribution is 6.33. The standard InChI is InChI=1S/C13H17ClN2O2/c14-10-7-9(11(15)8-13(17)18)3-4-12(10)16-5-1-2-6-16/h3-4,7,11H,1-2,5-6,8,15H2,(H,17,18). The van der Waals surface area contributed by atoms with Crippen molar-refractivity contribution in [1.29, 1.82) is 0 Å². The Balaban J connectivity index is 2.16. The summed E-state index contributed by atoms with van der Waals surface area (Å²) in [5, 5.41) is 9.37. The van der Waals surface area contributed by atoms with Crippen molar-refractivity contribution in [1.82, 2.24) is 0 Å². The van der Waals surface area contributed by atoms with Crippen molar-refractivity contribution in [3.63, 3.8) is 0 Å². The molecule has 1 aromatic rings. The summed E-state index contributed by atoms with van der Waals surface area (Å²) in [7, 11) is 0. The second kappa shape index (κ2) is 5.59. The predicted molar refractivity (Wildman–Crippen MR) is 72.1 cm³/mol. The summed E-state index contributed by atoms with van der Waals surface area (Å²) < 4.78 is 0. The van der Waals surface area contributed by atoms with Crippen molar-refractivity contribution < 1.29 is 9.90 Å². The minimum Gasteiger partial charge on any atom is -0.481 e. The maximum atomic E-state index is 10.6. The van der Waals surface area contributed by atoms with Crippen LogP contribution in [-0.2, 0) is 4.79 Å². The van der Waals surface area contributed by atoms with E-state index in [9.17, 15) is 4.79 Å². The lowest BCUT2D eigenvalue weighted by Crippen LogP contribution is -2.19. The number of carboxylic acid groups (broad SMARTS) is 1. The van der Waals surface area contributed by atoms with Gasteiger partial charge < -0.3 is 15.7 Å². The van der Waals surface area contributed by atoms with Gasteiger partial charge in [-0.05, 0) is 30.5 Å². The Morgan fingerprint density at radius 3 is 2.67 bits per heavy atom. The molecule has 98 valence electrons. The number of hydrogen-bond donors (Lipinski definition) is 2. The van der Waals surface area contributed by atoms with Gasteiger partial charge >= 0.3 is 5.97 Å². The second-order valence-corrected chi connectivity index (χ2v) is 5.02. The number of benzene rings is 1. The maximum absolute atomic E-state index is 10.6. The van der Waals surface area contributed by atoms with E-state index in [0.717, 1.165) is 24.3 Å². The number of nitrogens with two attached hydrogens (primary N) is 1. The summed E-state index contributed by atoms with van der Waals surface area (Å²) in [6.07, 6.45) is 2.30. The Morgan fingerprint density at radius 2 is 2.11 bits per heavy atom. The molecule has 0 amide bonds. The predicted octanol–water partition coefficient (Wildman–Crippen LogP) is 2.41. The average Bonchev–Trinajstić information content (AvgIpc) is 2.81. The first kappa shape index (κ1) is 13.2. The summed E-state index contributed by atoms with van der Waals surface area (Å²) in [5.74, 6) is -0.901. The van der Waals surface area contributed by atoms with Crippen LogP contribution in [0.4, 0.5) is 5.69 Å². The van der Waals surface area contributed by atoms with Crippen LogP contribution in [0.2, 0.25) is 5.02 Å². The van der Waals surface area contributed by atoms with Crippen LogP contribution in [0, 0.1) is 0 Å². The normalized spacial score (nSPS) is 16.9. The molecule has 1 heterocycles. The molecule has 5 heteroatoms. The number of nitrogens with zero attached hydrogens (tertiary/aromatic N) is 1. The van der Waals surface area contributed by atoms with Gasteiger partial charge in [0.1, 0.15) is 0 Å². The molecule has 2 rings (SSSR count). The molecule has 1 saturated heterocycles.